The Morgan fingerprint density at radius 3 is 1.90 bits per heavy atom. The van der Waals surface area contributed by atoms with Crippen LogP contribution in [0.5, 0.6) is 0 Å². The molecule has 0 aliphatic heterocycles. The molecule has 0 aliphatic carbocycles. The van der Waals surface area contributed by atoms with Gasteiger partial charge < -0.3 is 5.32 Å². The van der Waals surface area contributed by atoms with Crippen LogP contribution in [0.3, 0.4) is 0 Å². The normalized spacial score (nSPS) is 13.8. The largest absolute Gasteiger partial charge is 0.326 e. The molecule has 29 heavy (non-hydrogen) atoms. The molecule has 0 fully saturated rings. The van der Waals surface area contributed by atoms with Crippen LogP contribution < -0.4 is 14.8 Å². The second-order valence-corrected chi connectivity index (χ2v) is 13.9. The van der Waals surface area contributed by atoms with E-state index in [2.05, 4.69) is 14.8 Å². The molecule has 1 aromatic carbocycles. The maximum absolute atomic E-state index is 12.0. The molecule has 1 rings (SSSR count). The number of nitrogens with one attached hydrogen (secondary N) is 3. The van der Waals surface area contributed by atoms with E-state index < -0.39 is 30.3 Å². The Labute approximate surface area is 176 Å². The first-order chi connectivity index (χ1) is 13.1. The van der Waals surface area contributed by atoms with E-state index in [0.29, 0.717) is 30.8 Å². The van der Waals surface area contributed by atoms with E-state index in [-0.39, 0.29) is 12.3 Å². The number of hydrogen-bond donors (Lipinski definition) is 5. The zero-order valence-electron chi connectivity index (χ0n) is 18.1. The van der Waals surface area contributed by atoms with Crippen LogP contribution in [-0.2, 0) is 14.8 Å². The first-order valence-corrected chi connectivity index (χ1v) is 12.5. The number of anilines is 2. The van der Waals surface area contributed by atoms with Crippen molar-refractivity contribution in [1.82, 2.24) is 4.72 Å². The number of carbonyl (C=O) groups is 1. The van der Waals surface area contributed by atoms with E-state index in [0.717, 1.165) is 0 Å². The number of unbranched alkanes of at least 4 members (excludes halogenated alkanes) is 1. The minimum Gasteiger partial charge on any atom is -0.326 e. The van der Waals surface area contributed by atoms with Gasteiger partial charge in [0.05, 0.1) is 15.2 Å². The molecule has 0 atom stereocenters. The first kappa shape index (κ1) is 25.7. The summed E-state index contributed by atoms with van der Waals surface area (Å²) in [4.78, 5) is 12.0. The van der Waals surface area contributed by atoms with Crippen molar-refractivity contribution in [2.75, 3.05) is 16.6 Å². The van der Waals surface area contributed by atoms with Crippen LogP contribution in [0.4, 0.5) is 11.4 Å². The third-order valence-corrected chi connectivity index (χ3v) is 8.64. The van der Waals surface area contributed by atoms with Crippen molar-refractivity contribution in [3.8, 4) is 0 Å². The van der Waals surface area contributed by atoms with Gasteiger partial charge in [0.15, 0.2) is 0 Å². The van der Waals surface area contributed by atoms with E-state index in [1.807, 2.05) is 0 Å². The fourth-order valence-electron chi connectivity index (χ4n) is 2.00. The zero-order valence-corrected chi connectivity index (χ0v) is 19.7. The molecule has 0 aromatic heterocycles. The molecular formula is C19H35N3O5S2. The van der Waals surface area contributed by atoms with E-state index in [1.165, 1.54) is 0 Å². The lowest BCUT2D eigenvalue weighted by molar-refractivity contribution is -0.116. The maximum Gasteiger partial charge on any atom is 0.224 e. The minimum absolute atomic E-state index is 0.164. The highest BCUT2D eigenvalue weighted by atomic mass is 32.3. The number of rotatable bonds is 9. The number of sulfonamides is 1. The van der Waals surface area contributed by atoms with Gasteiger partial charge in [-0.15, -0.1) is 10.8 Å². The molecule has 0 spiro atoms. The summed E-state index contributed by atoms with van der Waals surface area (Å²) in [6.07, 6.45) is 1.41. The Bertz CT molecular complexity index is 780. The van der Waals surface area contributed by atoms with Crippen molar-refractivity contribution >= 4 is 38.1 Å². The maximum atomic E-state index is 12.0. The Balaban J connectivity index is 2.42. The summed E-state index contributed by atoms with van der Waals surface area (Å²) in [5, 5.41) is 2.77. The highest BCUT2D eigenvalue weighted by Gasteiger charge is 2.29. The van der Waals surface area contributed by atoms with Crippen LogP contribution in [0.15, 0.2) is 24.3 Å². The molecule has 10 heteroatoms. The highest BCUT2D eigenvalue weighted by molar-refractivity contribution is 8.26. The number of benzene rings is 1. The van der Waals surface area contributed by atoms with Crippen LogP contribution in [0, 0.1) is 0 Å². The molecule has 168 valence electrons. The van der Waals surface area contributed by atoms with Gasteiger partial charge in [0.1, 0.15) is 0 Å². The van der Waals surface area contributed by atoms with Gasteiger partial charge in [0, 0.05) is 18.7 Å². The van der Waals surface area contributed by atoms with E-state index in [4.69, 9.17) is 0 Å². The molecule has 0 aliphatic rings. The van der Waals surface area contributed by atoms with Crippen LogP contribution >= 0.6 is 10.8 Å². The average Bonchev–Trinajstić information content (AvgIpc) is 2.54. The van der Waals surface area contributed by atoms with Gasteiger partial charge >= 0.3 is 0 Å². The molecule has 0 saturated heterocycles. The Hall–Kier alpha value is -1.33. The molecule has 1 aromatic rings. The quantitative estimate of drug-likeness (QED) is 0.356. The van der Waals surface area contributed by atoms with E-state index in [9.17, 15) is 22.3 Å². The smallest absolute Gasteiger partial charge is 0.224 e. The van der Waals surface area contributed by atoms with Gasteiger partial charge in [0.25, 0.3) is 0 Å². The molecular weight excluding hydrogens is 414 g/mol. The SMILES string of the molecule is CC(C)(C)S(O)(O)Nc1ccc(NC(=O)CCCCNS(=O)(=O)C(C)(C)C)cc1. The van der Waals surface area contributed by atoms with Crippen molar-refractivity contribution in [2.24, 2.45) is 0 Å². The fourth-order valence-corrected chi connectivity index (χ4v) is 3.61. The number of amides is 1. The molecule has 0 unspecified atom stereocenters. The Kier molecular flexibility index (Phi) is 8.56. The van der Waals surface area contributed by atoms with Crippen LogP contribution in [0.2, 0.25) is 0 Å². The molecule has 1 amide bonds. The van der Waals surface area contributed by atoms with Gasteiger partial charge in [0.2, 0.25) is 15.9 Å². The van der Waals surface area contributed by atoms with Gasteiger partial charge in [-0.25, -0.2) is 13.1 Å². The molecule has 0 radical (unpaired) electrons. The average molecular weight is 450 g/mol. The minimum atomic E-state index is -3.36. The molecule has 0 saturated carbocycles. The van der Waals surface area contributed by atoms with Crippen LogP contribution in [0.1, 0.15) is 60.8 Å². The fraction of sp³-hybridized carbons (Fsp3) is 0.632. The van der Waals surface area contributed by atoms with Gasteiger partial charge in [-0.1, -0.05) is 0 Å². The Morgan fingerprint density at radius 1 is 0.897 bits per heavy atom. The standard InChI is InChI=1S/C19H35N3O5S2/c1-18(2,3)28(24,25)20-14-8-7-9-17(23)21-15-10-12-16(13-11-15)22-29(26,27)19(4,5)6/h10-13,20,22,26-27H,7-9,14H2,1-6H3,(H,21,23). The summed E-state index contributed by atoms with van der Waals surface area (Å²) < 4.78 is 47.9. The summed E-state index contributed by atoms with van der Waals surface area (Å²) in [5.41, 5.74) is 1.14. The molecule has 8 nitrogen and oxygen atoms in total. The first-order valence-electron chi connectivity index (χ1n) is 9.50. The molecule has 5 N–H and O–H groups in total. The van der Waals surface area contributed by atoms with Crippen LogP contribution in [-0.4, -0.2) is 39.5 Å². The topological polar surface area (TPSA) is 128 Å². The van der Waals surface area contributed by atoms with Crippen molar-refractivity contribution in [3.05, 3.63) is 24.3 Å². The van der Waals surface area contributed by atoms with Gasteiger partial charge in [-0.2, -0.15) is 0 Å². The van der Waals surface area contributed by atoms with Crippen molar-refractivity contribution in [2.45, 2.75) is 70.3 Å². The third-order valence-electron chi connectivity index (χ3n) is 4.21. The zero-order chi connectivity index (χ0) is 22.5. The second-order valence-electron chi connectivity index (χ2n) is 8.86. The van der Waals surface area contributed by atoms with Crippen molar-refractivity contribution in [3.63, 3.8) is 0 Å². The third kappa shape index (κ3) is 8.13. The lowest BCUT2D eigenvalue weighted by Crippen LogP contribution is -2.39. The van der Waals surface area contributed by atoms with Gasteiger partial charge in [-0.3, -0.25) is 18.6 Å². The number of hydrogen-bond acceptors (Lipinski definition) is 6. The molecule has 0 bridgehead atoms. The summed E-state index contributed by atoms with van der Waals surface area (Å²) in [6.45, 7) is 10.4. The predicted octanol–water partition coefficient (Wildman–Crippen LogP) is 4.39. The van der Waals surface area contributed by atoms with Gasteiger partial charge in [-0.05, 0) is 78.6 Å². The predicted molar refractivity (Wildman–Crippen MR) is 122 cm³/mol. The summed E-state index contributed by atoms with van der Waals surface area (Å²) in [6, 6.07) is 6.68. The second kappa shape index (κ2) is 9.65. The monoisotopic (exact) mass is 449 g/mol. The lowest BCUT2D eigenvalue weighted by atomic mass is 10.2. The van der Waals surface area contributed by atoms with E-state index in [1.54, 1.807) is 65.8 Å². The van der Waals surface area contributed by atoms with Crippen molar-refractivity contribution in [1.29, 1.82) is 0 Å². The summed E-state index contributed by atoms with van der Waals surface area (Å²) in [7, 11) is -6.37. The van der Waals surface area contributed by atoms with Crippen LogP contribution in [0.25, 0.3) is 0 Å². The number of carbonyl (C=O) groups excluding carboxylic acids is 1. The summed E-state index contributed by atoms with van der Waals surface area (Å²) in [5.74, 6) is -0.164. The Morgan fingerprint density at radius 2 is 1.41 bits per heavy atom. The lowest BCUT2D eigenvalue weighted by Gasteiger charge is -2.44. The van der Waals surface area contributed by atoms with E-state index >= 15 is 0 Å². The molecule has 0 heterocycles. The van der Waals surface area contributed by atoms with Crippen molar-refractivity contribution < 1.29 is 22.3 Å². The summed E-state index contributed by atoms with van der Waals surface area (Å²) >= 11 is 0. The highest BCUT2D eigenvalue weighted by Crippen LogP contribution is 2.51.